The topological polar surface area (TPSA) is 67.4 Å². The lowest BCUT2D eigenvalue weighted by molar-refractivity contribution is -0.126. The van der Waals surface area contributed by atoms with Gasteiger partial charge in [0.1, 0.15) is 5.75 Å². The Kier molecular flexibility index (Phi) is 5.64. The summed E-state index contributed by atoms with van der Waals surface area (Å²) >= 11 is 3.31. The highest BCUT2D eigenvalue weighted by molar-refractivity contribution is 9.10. The summed E-state index contributed by atoms with van der Waals surface area (Å²) in [5, 5.41) is 4.66. The fourth-order valence-corrected chi connectivity index (χ4v) is 1.58. The molecule has 1 aromatic carbocycles. The van der Waals surface area contributed by atoms with E-state index >= 15 is 0 Å². The summed E-state index contributed by atoms with van der Waals surface area (Å²) in [6.45, 7) is 3.80. The number of hydrogen-bond acceptors (Lipinski definition) is 3. The highest BCUT2D eigenvalue weighted by Crippen LogP contribution is 2.24. The molecule has 0 unspecified atom stereocenters. The van der Waals surface area contributed by atoms with Gasteiger partial charge in [0.2, 0.25) is 0 Å². The molecule has 98 valence electrons. The summed E-state index contributed by atoms with van der Waals surface area (Å²) in [5.74, 6) is 0.0627. The quantitative estimate of drug-likeness (QED) is 0.894. The van der Waals surface area contributed by atoms with Crippen LogP contribution in [-0.2, 0) is 4.79 Å². The molecule has 0 saturated heterocycles. The Morgan fingerprint density at radius 3 is 2.67 bits per heavy atom. The number of imide groups is 1. The Morgan fingerprint density at radius 2 is 2.06 bits per heavy atom. The van der Waals surface area contributed by atoms with Crippen LogP contribution < -0.4 is 15.4 Å². The lowest BCUT2D eigenvalue weighted by Gasteiger charge is -2.15. The molecule has 3 amide bonds. The van der Waals surface area contributed by atoms with Crippen LogP contribution in [-0.4, -0.2) is 24.6 Å². The van der Waals surface area contributed by atoms with Crippen molar-refractivity contribution in [3.8, 4) is 5.75 Å². The molecule has 6 heteroatoms. The van der Waals surface area contributed by atoms with E-state index in [4.69, 9.17) is 4.74 Å². The van der Waals surface area contributed by atoms with Crippen LogP contribution in [0.3, 0.4) is 0 Å². The maximum Gasteiger partial charge on any atom is 0.321 e. The van der Waals surface area contributed by atoms with Crippen LogP contribution in [0.25, 0.3) is 0 Å². The van der Waals surface area contributed by atoms with Gasteiger partial charge in [-0.2, -0.15) is 0 Å². The molecule has 0 fully saturated rings. The van der Waals surface area contributed by atoms with Crippen LogP contribution in [0, 0.1) is 0 Å². The van der Waals surface area contributed by atoms with Crippen molar-refractivity contribution in [3.63, 3.8) is 0 Å². The van der Waals surface area contributed by atoms with Crippen LogP contribution in [0.5, 0.6) is 5.75 Å². The maximum absolute atomic E-state index is 11.6. The molecule has 0 saturated carbocycles. The summed E-state index contributed by atoms with van der Waals surface area (Å²) in [6.07, 6.45) is -0.758. The second-order valence-electron chi connectivity index (χ2n) is 3.54. The van der Waals surface area contributed by atoms with Gasteiger partial charge in [-0.3, -0.25) is 10.1 Å². The van der Waals surface area contributed by atoms with Crippen LogP contribution in [0.15, 0.2) is 28.7 Å². The monoisotopic (exact) mass is 314 g/mol. The third-order valence-corrected chi connectivity index (χ3v) is 2.74. The molecule has 0 aliphatic carbocycles. The Balaban J connectivity index is 2.55. The van der Waals surface area contributed by atoms with Gasteiger partial charge in [-0.1, -0.05) is 12.1 Å². The van der Waals surface area contributed by atoms with E-state index in [9.17, 15) is 9.59 Å². The molecule has 18 heavy (non-hydrogen) atoms. The minimum atomic E-state index is -0.758. The SMILES string of the molecule is CCNC(=O)NC(=O)[C@@H](C)Oc1ccccc1Br. The number of carbonyl (C=O) groups is 2. The fraction of sp³-hybridized carbons (Fsp3) is 0.333. The van der Waals surface area contributed by atoms with Crippen molar-refractivity contribution in [2.75, 3.05) is 6.54 Å². The molecule has 5 nitrogen and oxygen atoms in total. The van der Waals surface area contributed by atoms with Crippen molar-refractivity contribution in [3.05, 3.63) is 28.7 Å². The van der Waals surface area contributed by atoms with Gasteiger partial charge in [0.25, 0.3) is 5.91 Å². The van der Waals surface area contributed by atoms with Gasteiger partial charge in [0.15, 0.2) is 6.10 Å². The Hall–Kier alpha value is -1.56. The van der Waals surface area contributed by atoms with Gasteiger partial charge in [-0.25, -0.2) is 4.79 Å². The van der Waals surface area contributed by atoms with E-state index < -0.39 is 18.0 Å². The van der Waals surface area contributed by atoms with E-state index in [-0.39, 0.29) is 0 Å². The molecule has 0 radical (unpaired) electrons. The second kappa shape index (κ2) is 7.00. The number of amides is 3. The summed E-state index contributed by atoms with van der Waals surface area (Å²) in [6, 6.07) is 6.67. The zero-order valence-corrected chi connectivity index (χ0v) is 11.8. The van der Waals surface area contributed by atoms with Crippen LogP contribution in [0.4, 0.5) is 4.79 Å². The van der Waals surface area contributed by atoms with Gasteiger partial charge in [-0.15, -0.1) is 0 Å². The van der Waals surface area contributed by atoms with Crippen molar-refractivity contribution in [1.29, 1.82) is 0 Å². The van der Waals surface area contributed by atoms with Crippen molar-refractivity contribution >= 4 is 27.9 Å². The largest absolute Gasteiger partial charge is 0.480 e. The predicted molar refractivity (Wildman–Crippen MR) is 71.4 cm³/mol. The summed E-state index contributed by atoms with van der Waals surface area (Å²) in [5.41, 5.74) is 0. The van der Waals surface area contributed by atoms with E-state index in [2.05, 4.69) is 26.6 Å². The number of halogens is 1. The molecule has 0 bridgehead atoms. The predicted octanol–water partition coefficient (Wildman–Crippen LogP) is 2.06. The van der Waals surface area contributed by atoms with E-state index in [0.717, 1.165) is 4.47 Å². The maximum atomic E-state index is 11.6. The number of ether oxygens (including phenoxy) is 1. The summed E-state index contributed by atoms with van der Waals surface area (Å²) in [4.78, 5) is 22.8. The van der Waals surface area contributed by atoms with E-state index in [1.807, 2.05) is 12.1 Å². The lowest BCUT2D eigenvalue weighted by atomic mass is 10.3. The standard InChI is InChI=1S/C12H15BrN2O3/c1-3-14-12(17)15-11(16)8(2)18-10-7-5-4-6-9(10)13/h4-8H,3H2,1-2H3,(H2,14,15,16,17)/t8-/m1/s1. The summed E-state index contributed by atoms with van der Waals surface area (Å²) < 4.78 is 6.20. The second-order valence-corrected chi connectivity index (χ2v) is 4.39. The molecule has 1 atom stereocenters. The number of carbonyl (C=O) groups excluding carboxylic acids is 2. The third-order valence-electron chi connectivity index (χ3n) is 2.08. The number of hydrogen-bond donors (Lipinski definition) is 2. The van der Waals surface area contributed by atoms with Crippen molar-refractivity contribution in [2.24, 2.45) is 0 Å². The van der Waals surface area contributed by atoms with Crippen LogP contribution in [0.2, 0.25) is 0 Å². The molecule has 0 heterocycles. The van der Waals surface area contributed by atoms with Crippen LogP contribution >= 0.6 is 15.9 Å². The highest BCUT2D eigenvalue weighted by Gasteiger charge is 2.17. The Bertz CT molecular complexity index is 437. The smallest absolute Gasteiger partial charge is 0.321 e. The van der Waals surface area contributed by atoms with Gasteiger partial charge in [0, 0.05) is 6.54 Å². The average molecular weight is 315 g/mol. The van der Waals surface area contributed by atoms with Gasteiger partial charge < -0.3 is 10.1 Å². The molecular formula is C12H15BrN2O3. The van der Waals surface area contributed by atoms with Crippen molar-refractivity contribution < 1.29 is 14.3 Å². The molecule has 0 aromatic heterocycles. The van der Waals surface area contributed by atoms with Crippen molar-refractivity contribution in [2.45, 2.75) is 20.0 Å². The molecular weight excluding hydrogens is 300 g/mol. The lowest BCUT2D eigenvalue weighted by Crippen LogP contribution is -2.45. The molecule has 2 N–H and O–H groups in total. The zero-order chi connectivity index (χ0) is 13.5. The fourth-order valence-electron chi connectivity index (χ4n) is 1.20. The first-order valence-corrected chi connectivity index (χ1v) is 6.33. The minimum absolute atomic E-state index is 0.457. The highest BCUT2D eigenvalue weighted by atomic mass is 79.9. The number of benzene rings is 1. The number of para-hydroxylation sites is 1. The van der Waals surface area contributed by atoms with E-state index in [1.165, 1.54) is 0 Å². The Morgan fingerprint density at radius 1 is 1.39 bits per heavy atom. The van der Waals surface area contributed by atoms with Crippen molar-refractivity contribution in [1.82, 2.24) is 10.6 Å². The van der Waals surface area contributed by atoms with Gasteiger partial charge >= 0.3 is 6.03 Å². The number of urea groups is 1. The van der Waals surface area contributed by atoms with Crippen LogP contribution in [0.1, 0.15) is 13.8 Å². The summed E-state index contributed by atoms with van der Waals surface area (Å²) in [7, 11) is 0. The molecule has 1 rings (SSSR count). The number of nitrogens with one attached hydrogen (secondary N) is 2. The van der Waals surface area contributed by atoms with E-state index in [1.54, 1.807) is 26.0 Å². The first kappa shape index (κ1) is 14.5. The Labute approximate surface area is 114 Å². The molecule has 0 spiro atoms. The van der Waals surface area contributed by atoms with Gasteiger partial charge in [0.05, 0.1) is 4.47 Å². The minimum Gasteiger partial charge on any atom is -0.480 e. The average Bonchev–Trinajstić information content (AvgIpc) is 2.32. The first-order valence-electron chi connectivity index (χ1n) is 5.54. The molecule has 0 aliphatic rings. The molecule has 1 aromatic rings. The van der Waals surface area contributed by atoms with Gasteiger partial charge in [-0.05, 0) is 41.9 Å². The van der Waals surface area contributed by atoms with E-state index in [0.29, 0.717) is 12.3 Å². The third kappa shape index (κ3) is 4.37. The zero-order valence-electron chi connectivity index (χ0n) is 10.2. The first-order chi connectivity index (χ1) is 8.54. The molecule has 0 aliphatic heterocycles. The normalized spacial score (nSPS) is 11.5. The number of rotatable bonds is 4.